The van der Waals surface area contributed by atoms with Crippen molar-refractivity contribution in [3.63, 3.8) is 0 Å². The lowest BCUT2D eigenvalue weighted by molar-refractivity contribution is -0.137. The number of hydrazone groups is 1. The van der Waals surface area contributed by atoms with E-state index in [1.807, 2.05) is 5.43 Å². The van der Waals surface area contributed by atoms with Gasteiger partial charge in [0.15, 0.2) is 11.6 Å². The molecular weight excluding hydrogens is 347 g/mol. The number of halogens is 5. The van der Waals surface area contributed by atoms with Gasteiger partial charge in [-0.2, -0.15) is 18.3 Å². The first kappa shape index (κ1) is 18.4. The number of rotatable bonds is 3. The van der Waals surface area contributed by atoms with Gasteiger partial charge in [-0.05, 0) is 37.3 Å². The lowest BCUT2D eigenvalue weighted by Crippen LogP contribution is -2.19. The molecule has 25 heavy (non-hydrogen) atoms. The maximum Gasteiger partial charge on any atom is 0.416 e. The molecule has 0 aromatic heterocycles. The minimum absolute atomic E-state index is 0.0980. The van der Waals surface area contributed by atoms with Crippen molar-refractivity contribution in [3.8, 4) is 5.75 Å². The average molecular weight is 358 g/mol. The average Bonchev–Trinajstić information content (AvgIpc) is 2.55. The molecule has 2 rings (SSSR count). The number of aromatic hydroxyl groups is 1. The SMILES string of the molecule is C/C(=N\NC(=O)c1ccc(C(F)(F)F)cc1)c1cc(F)cc(F)c1O. The van der Waals surface area contributed by atoms with E-state index in [2.05, 4.69) is 5.10 Å². The quantitative estimate of drug-likeness (QED) is 0.497. The minimum atomic E-state index is -4.53. The summed E-state index contributed by atoms with van der Waals surface area (Å²) in [5.41, 5.74) is 0.649. The maximum absolute atomic E-state index is 13.3. The number of alkyl halides is 3. The fourth-order valence-corrected chi connectivity index (χ4v) is 1.91. The van der Waals surface area contributed by atoms with Crippen LogP contribution >= 0.6 is 0 Å². The lowest BCUT2D eigenvalue weighted by Gasteiger charge is -2.08. The summed E-state index contributed by atoms with van der Waals surface area (Å²) in [4.78, 5) is 11.9. The highest BCUT2D eigenvalue weighted by atomic mass is 19.4. The van der Waals surface area contributed by atoms with Crippen molar-refractivity contribution in [1.29, 1.82) is 0 Å². The van der Waals surface area contributed by atoms with E-state index < -0.39 is 35.0 Å². The number of amides is 1. The van der Waals surface area contributed by atoms with Gasteiger partial charge >= 0.3 is 6.18 Å². The highest BCUT2D eigenvalue weighted by molar-refractivity contribution is 6.02. The molecule has 4 nitrogen and oxygen atoms in total. The number of phenols is 1. The van der Waals surface area contributed by atoms with Crippen molar-refractivity contribution in [1.82, 2.24) is 5.43 Å². The van der Waals surface area contributed by atoms with Gasteiger partial charge in [0.05, 0.1) is 11.3 Å². The maximum atomic E-state index is 13.3. The Labute approximate surface area is 138 Å². The van der Waals surface area contributed by atoms with Gasteiger partial charge < -0.3 is 5.11 Å². The molecule has 2 N–H and O–H groups in total. The summed E-state index contributed by atoms with van der Waals surface area (Å²) < 4.78 is 63.8. The van der Waals surface area contributed by atoms with E-state index in [4.69, 9.17) is 0 Å². The number of phenolic OH excluding ortho intramolecular Hbond substituents is 1. The van der Waals surface area contributed by atoms with Crippen LogP contribution in [-0.4, -0.2) is 16.7 Å². The molecule has 0 unspecified atom stereocenters. The Hall–Kier alpha value is -2.97. The fourth-order valence-electron chi connectivity index (χ4n) is 1.91. The molecule has 0 saturated carbocycles. The van der Waals surface area contributed by atoms with Crippen molar-refractivity contribution in [2.24, 2.45) is 5.10 Å². The predicted molar refractivity (Wildman–Crippen MR) is 79.1 cm³/mol. The van der Waals surface area contributed by atoms with Gasteiger partial charge in [0.1, 0.15) is 5.82 Å². The topological polar surface area (TPSA) is 61.7 Å². The minimum Gasteiger partial charge on any atom is -0.504 e. The second-order valence-electron chi connectivity index (χ2n) is 5.00. The summed E-state index contributed by atoms with van der Waals surface area (Å²) in [6.07, 6.45) is -4.53. The number of hydrogen-bond donors (Lipinski definition) is 2. The monoisotopic (exact) mass is 358 g/mol. The van der Waals surface area contributed by atoms with Crippen LogP contribution < -0.4 is 5.43 Å². The second kappa shape index (κ2) is 6.88. The van der Waals surface area contributed by atoms with Gasteiger partial charge in [0.25, 0.3) is 5.91 Å². The van der Waals surface area contributed by atoms with Crippen LogP contribution in [0.1, 0.15) is 28.4 Å². The molecule has 1 amide bonds. The third kappa shape index (κ3) is 4.31. The van der Waals surface area contributed by atoms with Crippen LogP contribution in [0.3, 0.4) is 0 Å². The number of benzene rings is 2. The summed E-state index contributed by atoms with van der Waals surface area (Å²) in [6, 6.07) is 4.69. The van der Waals surface area contributed by atoms with Gasteiger partial charge in [-0.25, -0.2) is 14.2 Å². The number of nitrogens with one attached hydrogen (secondary N) is 1. The Kier molecular flexibility index (Phi) is 5.05. The molecule has 2 aromatic rings. The van der Waals surface area contributed by atoms with Gasteiger partial charge in [-0.1, -0.05) is 0 Å². The summed E-state index contributed by atoms with van der Waals surface area (Å²) in [7, 11) is 0. The largest absolute Gasteiger partial charge is 0.504 e. The Morgan fingerprint density at radius 3 is 2.28 bits per heavy atom. The first-order valence-corrected chi connectivity index (χ1v) is 6.80. The highest BCUT2D eigenvalue weighted by Gasteiger charge is 2.30. The van der Waals surface area contributed by atoms with Crippen LogP contribution in [0, 0.1) is 11.6 Å². The molecular formula is C16H11F5N2O2. The van der Waals surface area contributed by atoms with Crippen molar-refractivity contribution >= 4 is 11.6 Å². The first-order chi connectivity index (χ1) is 11.6. The normalized spacial score (nSPS) is 12.2. The molecule has 0 bridgehead atoms. The van der Waals surface area contributed by atoms with E-state index in [0.717, 1.165) is 30.3 Å². The Balaban J connectivity index is 2.17. The van der Waals surface area contributed by atoms with Crippen LogP contribution in [0.15, 0.2) is 41.5 Å². The van der Waals surface area contributed by atoms with Gasteiger partial charge in [0, 0.05) is 17.2 Å². The molecule has 0 aliphatic rings. The van der Waals surface area contributed by atoms with Crippen LogP contribution in [0.4, 0.5) is 22.0 Å². The number of hydrogen-bond acceptors (Lipinski definition) is 3. The standard InChI is InChI=1S/C16H11F5N2O2/c1-8(12-6-11(17)7-13(18)14(12)24)22-23-15(25)9-2-4-10(5-3-9)16(19,20)21/h2-7,24H,1H3,(H,23,25)/b22-8+. The molecule has 0 spiro atoms. The smallest absolute Gasteiger partial charge is 0.416 e. The predicted octanol–water partition coefficient (Wildman–Crippen LogP) is 3.84. The fraction of sp³-hybridized carbons (Fsp3) is 0.125. The summed E-state index contributed by atoms with van der Waals surface area (Å²) in [6.45, 7) is 1.28. The molecule has 0 aliphatic heterocycles. The molecule has 0 radical (unpaired) electrons. The molecule has 0 fully saturated rings. The second-order valence-corrected chi connectivity index (χ2v) is 5.00. The first-order valence-electron chi connectivity index (χ1n) is 6.80. The highest BCUT2D eigenvalue weighted by Crippen LogP contribution is 2.29. The molecule has 132 valence electrons. The van der Waals surface area contributed by atoms with Crippen LogP contribution in [0.25, 0.3) is 0 Å². The zero-order valence-electron chi connectivity index (χ0n) is 12.7. The van der Waals surface area contributed by atoms with E-state index in [0.29, 0.717) is 6.07 Å². The van der Waals surface area contributed by atoms with Crippen molar-refractivity contribution < 1.29 is 31.9 Å². The van der Waals surface area contributed by atoms with E-state index in [9.17, 15) is 31.9 Å². The molecule has 0 atom stereocenters. The summed E-state index contributed by atoms with van der Waals surface area (Å²) in [5, 5.41) is 13.1. The van der Waals surface area contributed by atoms with Crippen molar-refractivity contribution in [3.05, 3.63) is 64.7 Å². The number of carbonyl (C=O) groups is 1. The third-order valence-electron chi connectivity index (χ3n) is 3.22. The molecule has 2 aromatic carbocycles. The Bertz CT molecular complexity index is 830. The Morgan fingerprint density at radius 2 is 1.72 bits per heavy atom. The van der Waals surface area contributed by atoms with E-state index in [1.165, 1.54) is 6.92 Å². The van der Waals surface area contributed by atoms with Crippen molar-refractivity contribution in [2.75, 3.05) is 0 Å². The molecule has 0 saturated heterocycles. The third-order valence-corrected chi connectivity index (χ3v) is 3.22. The summed E-state index contributed by atoms with van der Waals surface area (Å²) >= 11 is 0. The zero-order valence-corrected chi connectivity index (χ0v) is 12.7. The number of nitrogens with zero attached hydrogens (tertiary/aromatic N) is 1. The molecule has 0 heterocycles. The van der Waals surface area contributed by atoms with Crippen molar-refractivity contribution in [2.45, 2.75) is 13.1 Å². The van der Waals surface area contributed by atoms with Crippen LogP contribution in [-0.2, 0) is 6.18 Å². The van der Waals surface area contributed by atoms with Gasteiger partial charge in [0.2, 0.25) is 0 Å². The number of carbonyl (C=O) groups excluding carboxylic acids is 1. The lowest BCUT2D eigenvalue weighted by atomic mass is 10.1. The van der Waals surface area contributed by atoms with Crippen LogP contribution in [0.2, 0.25) is 0 Å². The zero-order chi connectivity index (χ0) is 18.8. The van der Waals surface area contributed by atoms with E-state index >= 15 is 0 Å². The van der Waals surface area contributed by atoms with E-state index in [1.54, 1.807) is 0 Å². The molecule has 0 aliphatic carbocycles. The van der Waals surface area contributed by atoms with Gasteiger partial charge in [-0.15, -0.1) is 0 Å². The molecule has 9 heteroatoms. The Morgan fingerprint density at radius 1 is 1.12 bits per heavy atom. The van der Waals surface area contributed by atoms with Crippen LogP contribution in [0.5, 0.6) is 5.75 Å². The van der Waals surface area contributed by atoms with Gasteiger partial charge in [-0.3, -0.25) is 4.79 Å². The summed E-state index contributed by atoms with van der Waals surface area (Å²) in [5.74, 6) is -3.82. The van der Waals surface area contributed by atoms with E-state index in [-0.39, 0.29) is 16.8 Å².